The third kappa shape index (κ3) is 2.85. The van der Waals surface area contributed by atoms with Crippen molar-refractivity contribution in [2.24, 2.45) is 5.73 Å². The highest BCUT2D eigenvalue weighted by Gasteiger charge is 2.26. The average molecular weight is 248 g/mol. The molecule has 18 heavy (non-hydrogen) atoms. The largest absolute Gasteiger partial charge is 0.508 e. The Labute approximate surface area is 110 Å². The van der Waals surface area contributed by atoms with Crippen molar-refractivity contribution in [2.45, 2.75) is 44.2 Å². The molecule has 1 aliphatic carbocycles. The van der Waals surface area contributed by atoms with Crippen molar-refractivity contribution in [2.75, 3.05) is 13.6 Å². The third-order valence-corrected chi connectivity index (χ3v) is 4.16. The molecule has 0 spiro atoms. The van der Waals surface area contributed by atoms with E-state index in [2.05, 4.69) is 11.9 Å². The van der Waals surface area contributed by atoms with Gasteiger partial charge in [-0.05, 0) is 26.0 Å². The number of phenolic OH excluding ortho intramolecular Hbond substituents is 1. The van der Waals surface area contributed by atoms with Crippen molar-refractivity contribution in [3.8, 4) is 5.75 Å². The summed E-state index contributed by atoms with van der Waals surface area (Å²) in [6, 6.07) is 8.26. The highest BCUT2D eigenvalue weighted by Crippen LogP contribution is 2.32. The van der Waals surface area contributed by atoms with Crippen LogP contribution in [0.4, 0.5) is 0 Å². The molecule has 1 aromatic carbocycles. The van der Waals surface area contributed by atoms with Gasteiger partial charge in [0.2, 0.25) is 0 Å². The minimum Gasteiger partial charge on any atom is -0.508 e. The van der Waals surface area contributed by atoms with Crippen LogP contribution in [0.2, 0.25) is 0 Å². The molecule has 0 aromatic heterocycles. The molecule has 3 heteroatoms. The molecule has 0 radical (unpaired) electrons. The molecule has 0 heterocycles. The maximum absolute atomic E-state index is 9.98. The van der Waals surface area contributed by atoms with Crippen molar-refractivity contribution in [3.63, 3.8) is 0 Å². The van der Waals surface area contributed by atoms with E-state index in [-0.39, 0.29) is 6.04 Å². The summed E-state index contributed by atoms with van der Waals surface area (Å²) in [5.41, 5.74) is 6.88. The number of phenols is 1. The number of para-hydroxylation sites is 1. The van der Waals surface area contributed by atoms with E-state index in [9.17, 15) is 5.11 Å². The molecular formula is C15H24N2O. The van der Waals surface area contributed by atoms with E-state index >= 15 is 0 Å². The van der Waals surface area contributed by atoms with E-state index in [0.717, 1.165) is 5.56 Å². The molecule has 3 N–H and O–H groups in total. The van der Waals surface area contributed by atoms with Crippen LogP contribution >= 0.6 is 0 Å². The summed E-state index contributed by atoms with van der Waals surface area (Å²) < 4.78 is 0. The second kappa shape index (κ2) is 6.21. The Morgan fingerprint density at radius 1 is 1.28 bits per heavy atom. The molecule has 1 fully saturated rings. The predicted octanol–water partition coefficient (Wildman–Crippen LogP) is 2.66. The molecule has 0 aliphatic heterocycles. The minimum absolute atomic E-state index is 0.120. The lowest BCUT2D eigenvalue weighted by Gasteiger charge is -2.37. The number of hydrogen-bond acceptors (Lipinski definition) is 3. The number of benzene rings is 1. The first-order valence-corrected chi connectivity index (χ1v) is 6.94. The molecule has 1 atom stereocenters. The zero-order chi connectivity index (χ0) is 13.0. The number of nitrogens with two attached hydrogens (primary N) is 1. The van der Waals surface area contributed by atoms with E-state index in [4.69, 9.17) is 5.73 Å². The standard InChI is InChI=1S/C15H24N2O/c1-17(12-7-3-2-4-8-12)14(11-16)13-9-5-6-10-15(13)18/h5-6,9-10,12,14,18H,2-4,7-8,11,16H2,1H3. The predicted molar refractivity (Wildman–Crippen MR) is 74.5 cm³/mol. The van der Waals surface area contributed by atoms with Crippen molar-refractivity contribution in [1.82, 2.24) is 4.90 Å². The Morgan fingerprint density at radius 2 is 1.94 bits per heavy atom. The summed E-state index contributed by atoms with van der Waals surface area (Å²) in [4.78, 5) is 2.36. The maximum atomic E-state index is 9.98. The average Bonchev–Trinajstić information content (AvgIpc) is 2.42. The van der Waals surface area contributed by atoms with Gasteiger partial charge >= 0.3 is 0 Å². The smallest absolute Gasteiger partial charge is 0.120 e. The molecule has 3 nitrogen and oxygen atoms in total. The molecule has 0 saturated heterocycles. The Kier molecular flexibility index (Phi) is 4.61. The van der Waals surface area contributed by atoms with Crippen LogP contribution in [0.3, 0.4) is 0 Å². The summed E-state index contributed by atoms with van der Waals surface area (Å²) in [6.07, 6.45) is 6.48. The van der Waals surface area contributed by atoms with Crippen molar-refractivity contribution >= 4 is 0 Å². The van der Waals surface area contributed by atoms with E-state index in [0.29, 0.717) is 18.3 Å². The number of nitrogens with zero attached hydrogens (tertiary/aromatic N) is 1. The quantitative estimate of drug-likeness (QED) is 0.861. The fraction of sp³-hybridized carbons (Fsp3) is 0.600. The van der Waals surface area contributed by atoms with Crippen LogP contribution in [0.25, 0.3) is 0 Å². The summed E-state index contributed by atoms with van der Waals surface area (Å²) in [6.45, 7) is 0.546. The van der Waals surface area contributed by atoms with Crippen molar-refractivity contribution < 1.29 is 5.11 Å². The second-order valence-corrected chi connectivity index (χ2v) is 5.27. The van der Waals surface area contributed by atoms with Crippen molar-refractivity contribution in [1.29, 1.82) is 0 Å². The van der Waals surface area contributed by atoms with E-state index in [1.165, 1.54) is 32.1 Å². The number of aromatic hydroxyl groups is 1. The van der Waals surface area contributed by atoms with E-state index in [1.807, 2.05) is 18.2 Å². The Balaban J connectivity index is 2.14. The number of hydrogen-bond donors (Lipinski definition) is 2. The Bertz CT molecular complexity index is 375. The summed E-state index contributed by atoms with van der Waals surface area (Å²) in [5.74, 6) is 0.357. The molecule has 1 aromatic rings. The highest BCUT2D eigenvalue weighted by atomic mass is 16.3. The van der Waals surface area contributed by atoms with Gasteiger partial charge in [-0.2, -0.15) is 0 Å². The first kappa shape index (κ1) is 13.4. The van der Waals surface area contributed by atoms with Gasteiger partial charge in [0.05, 0.1) is 6.04 Å². The fourth-order valence-corrected chi connectivity index (χ4v) is 3.02. The number of likely N-dealkylation sites (N-methyl/N-ethyl adjacent to an activating group) is 1. The van der Waals surface area contributed by atoms with Gasteiger partial charge in [-0.15, -0.1) is 0 Å². The van der Waals surface area contributed by atoms with Crippen LogP contribution in [0.1, 0.15) is 43.7 Å². The lowest BCUT2D eigenvalue weighted by Crippen LogP contribution is -2.39. The summed E-state index contributed by atoms with van der Waals surface area (Å²) >= 11 is 0. The Hall–Kier alpha value is -1.06. The van der Waals surface area contributed by atoms with Crippen LogP contribution < -0.4 is 5.73 Å². The summed E-state index contributed by atoms with van der Waals surface area (Å²) in [7, 11) is 2.14. The van der Waals surface area contributed by atoms with Crippen LogP contribution in [-0.2, 0) is 0 Å². The molecule has 0 amide bonds. The SMILES string of the molecule is CN(C1CCCCC1)C(CN)c1ccccc1O. The van der Waals surface area contributed by atoms with Crippen LogP contribution in [0.5, 0.6) is 5.75 Å². The fourth-order valence-electron chi connectivity index (χ4n) is 3.02. The van der Waals surface area contributed by atoms with Gasteiger partial charge in [0.15, 0.2) is 0 Å². The van der Waals surface area contributed by atoms with Crippen molar-refractivity contribution in [3.05, 3.63) is 29.8 Å². The second-order valence-electron chi connectivity index (χ2n) is 5.27. The van der Waals surface area contributed by atoms with Gasteiger partial charge in [0.25, 0.3) is 0 Å². The zero-order valence-electron chi connectivity index (χ0n) is 11.2. The van der Waals surface area contributed by atoms with E-state index in [1.54, 1.807) is 6.07 Å². The topological polar surface area (TPSA) is 49.5 Å². The lowest BCUT2D eigenvalue weighted by molar-refractivity contribution is 0.139. The van der Waals surface area contributed by atoms with Gasteiger partial charge in [-0.25, -0.2) is 0 Å². The molecule has 0 bridgehead atoms. The minimum atomic E-state index is 0.120. The van der Waals surface area contributed by atoms with Gasteiger partial charge < -0.3 is 10.8 Å². The van der Waals surface area contributed by atoms with Gasteiger partial charge in [-0.3, -0.25) is 4.90 Å². The van der Waals surface area contributed by atoms with E-state index < -0.39 is 0 Å². The molecule has 1 aliphatic rings. The summed E-state index contributed by atoms with van der Waals surface area (Å²) in [5, 5.41) is 9.98. The van der Waals surface area contributed by atoms with Gasteiger partial charge in [-0.1, -0.05) is 37.5 Å². The van der Waals surface area contributed by atoms with Crippen LogP contribution in [-0.4, -0.2) is 29.6 Å². The molecular weight excluding hydrogens is 224 g/mol. The third-order valence-electron chi connectivity index (χ3n) is 4.16. The monoisotopic (exact) mass is 248 g/mol. The normalized spacial score (nSPS) is 19.1. The maximum Gasteiger partial charge on any atom is 0.120 e. The molecule has 1 unspecified atom stereocenters. The van der Waals surface area contributed by atoms with Crippen LogP contribution in [0, 0.1) is 0 Å². The lowest BCUT2D eigenvalue weighted by atomic mass is 9.92. The zero-order valence-corrected chi connectivity index (χ0v) is 11.2. The van der Waals surface area contributed by atoms with Gasteiger partial charge in [0.1, 0.15) is 5.75 Å². The molecule has 2 rings (SSSR count). The number of rotatable bonds is 4. The van der Waals surface area contributed by atoms with Gasteiger partial charge in [0, 0.05) is 18.2 Å². The first-order chi connectivity index (χ1) is 8.74. The Morgan fingerprint density at radius 3 is 2.56 bits per heavy atom. The molecule has 100 valence electrons. The molecule has 1 saturated carbocycles. The highest BCUT2D eigenvalue weighted by molar-refractivity contribution is 5.34. The first-order valence-electron chi connectivity index (χ1n) is 6.94. The van der Waals surface area contributed by atoms with Crippen LogP contribution in [0.15, 0.2) is 24.3 Å².